The van der Waals surface area contributed by atoms with E-state index in [-0.39, 0.29) is 35.4 Å². The minimum Gasteiger partial charge on any atom is -0.390 e. The molecule has 1 aliphatic carbocycles. The lowest BCUT2D eigenvalue weighted by atomic mass is 9.74. The Morgan fingerprint density at radius 1 is 1.21 bits per heavy atom. The van der Waals surface area contributed by atoms with E-state index in [0.717, 1.165) is 12.8 Å². The summed E-state index contributed by atoms with van der Waals surface area (Å²) in [7, 11) is 0. The topological polar surface area (TPSA) is 54.5 Å². The van der Waals surface area contributed by atoms with Gasteiger partial charge >= 0.3 is 0 Å². The van der Waals surface area contributed by atoms with Crippen LogP contribution in [-0.2, 0) is 14.2 Å². The highest BCUT2D eigenvalue weighted by atomic mass is 16.7. The van der Waals surface area contributed by atoms with Crippen molar-refractivity contribution in [2.24, 2.45) is 5.92 Å². The molecule has 2 heterocycles. The van der Waals surface area contributed by atoms with Crippen molar-refractivity contribution < 1.29 is 19.3 Å². The van der Waals surface area contributed by atoms with Gasteiger partial charge in [-0.25, -0.2) is 0 Å². The first-order valence-corrected chi connectivity index (χ1v) is 7.32. The number of ether oxygens (including phenoxy) is 3. The second-order valence-corrected chi connectivity index (χ2v) is 7.64. The molecule has 5 unspecified atom stereocenters. The van der Waals surface area contributed by atoms with Crippen molar-refractivity contribution in [3.8, 4) is 0 Å². The molecular weight excluding hydrogens is 244 g/mol. The third kappa shape index (κ3) is 2.44. The number of epoxide rings is 2. The molecule has 3 aliphatic rings. The third-order valence-electron chi connectivity index (χ3n) is 5.23. The molecule has 4 nitrogen and oxygen atoms in total. The van der Waals surface area contributed by atoms with Gasteiger partial charge in [0, 0.05) is 0 Å². The van der Waals surface area contributed by atoms with Gasteiger partial charge in [-0.3, -0.25) is 0 Å². The second-order valence-electron chi connectivity index (χ2n) is 7.64. The normalized spacial score (nSPS) is 47.7. The van der Waals surface area contributed by atoms with E-state index >= 15 is 0 Å². The Kier molecular flexibility index (Phi) is 2.86. The van der Waals surface area contributed by atoms with Crippen molar-refractivity contribution in [1.82, 2.24) is 0 Å². The summed E-state index contributed by atoms with van der Waals surface area (Å²) < 4.78 is 17.5. The van der Waals surface area contributed by atoms with Crippen molar-refractivity contribution in [2.75, 3.05) is 6.61 Å². The quantitative estimate of drug-likeness (QED) is 0.793. The fourth-order valence-corrected chi connectivity index (χ4v) is 3.27. The average molecular weight is 270 g/mol. The molecular formula is C15H26O4. The Hall–Kier alpha value is -0.160. The SMILES string of the molecule is CC(C)(O)C1CC(OCC2OC2(C)C)C2(C)OC2C1. The van der Waals surface area contributed by atoms with Gasteiger partial charge in [0.15, 0.2) is 0 Å². The third-order valence-corrected chi connectivity index (χ3v) is 5.23. The first-order chi connectivity index (χ1) is 8.63. The zero-order valence-corrected chi connectivity index (χ0v) is 12.6. The van der Waals surface area contributed by atoms with E-state index in [1.807, 2.05) is 13.8 Å². The maximum Gasteiger partial charge on any atom is 0.118 e. The Morgan fingerprint density at radius 2 is 1.84 bits per heavy atom. The van der Waals surface area contributed by atoms with Gasteiger partial charge in [-0.05, 0) is 53.4 Å². The minimum absolute atomic E-state index is 0.0327. The van der Waals surface area contributed by atoms with Crippen LogP contribution in [0.4, 0.5) is 0 Å². The van der Waals surface area contributed by atoms with E-state index in [1.54, 1.807) is 0 Å². The number of aliphatic hydroxyl groups is 1. The molecule has 1 N–H and O–H groups in total. The lowest BCUT2D eigenvalue weighted by Gasteiger charge is -2.37. The molecule has 3 rings (SSSR count). The maximum absolute atomic E-state index is 10.2. The number of hydrogen-bond acceptors (Lipinski definition) is 4. The fourth-order valence-electron chi connectivity index (χ4n) is 3.27. The first-order valence-electron chi connectivity index (χ1n) is 7.32. The van der Waals surface area contributed by atoms with Gasteiger partial charge in [0.05, 0.1) is 30.0 Å². The van der Waals surface area contributed by atoms with Gasteiger partial charge in [-0.1, -0.05) is 0 Å². The Morgan fingerprint density at radius 3 is 2.37 bits per heavy atom. The van der Waals surface area contributed by atoms with Crippen LogP contribution in [0.2, 0.25) is 0 Å². The van der Waals surface area contributed by atoms with Gasteiger partial charge in [0.1, 0.15) is 11.7 Å². The summed E-state index contributed by atoms with van der Waals surface area (Å²) in [6.45, 7) is 10.7. The molecule has 3 fully saturated rings. The van der Waals surface area contributed by atoms with Crippen molar-refractivity contribution in [3.63, 3.8) is 0 Å². The van der Waals surface area contributed by atoms with E-state index < -0.39 is 5.60 Å². The molecule has 5 atom stereocenters. The summed E-state index contributed by atoms with van der Waals surface area (Å²) in [4.78, 5) is 0. The lowest BCUT2D eigenvalue weighted by molar-refractivity contribution is -0.0623. The predicted octanol–water partition coefficient (Wildman–Crippen LogP) is 1.89. The summed E-state index contributed by atoms with van der Waals surface area (Å²) in [5.41, 5.74) is -0.833. The van der Waals surface area contributed by atoms with Crippen LogP contribution < -0.4 is 0 Å². The predicted molar refractivity (Wildman–Crippen MR) is 71.0 cm³/mol. The Bertz CT molecular complexity index is 373. The van der Waals surface area contributed by atoms with E-state index in [0.29, 0.717) is 6.61 Å². The van der Waals surface area contributed by atoms with Gasteiger partial charge in [-0.2, -0.15) is 0 Å². The van der Waals surface area contributed by atoms with Crippen LogP contribution in [0.5, 0.6) is 0 Å². The van der Waals surface area contributed by atoms with Crippen LogP contribution in [0.25, 0.3) is 0 Å². The number of hydrogen-bond donors (Lipinski definition) is 1. The summed E-state index contributed by atoms with van der Waals surface area (Å²) >= 11 is 0. The highest BCUT2D eigenvalue weighted by Gasteiger charge is 2.63. The molecule has 19 heavy (non-hydrogen) atoms. The van der Waals surface area contributed by atoms with E-state index in [9.17, 15) is 5.11 Å². The molecule has 0 amide bonds. The van der Waals surface area contributed by atoms with Gasteiger partial charge in [0.25, 0.3) is 0 Å². The van der Waals surface area contributed by atoms with Crippen LogP contribution >= 0.6 is 0 Å². The summed E-state index contributed by atoms with van der Waals surface area (Å²) in [5.74, 6) is 0.242. The summed E-state index contributed by atoms with van der Waals surface area (Å²) in [6.07, 6.45) is 2.32. The van der Waals surface area contributed by atoms with Crippen molar-refractivity contribution in [2.45, 2.75) is 82.6 Å². The Labute approximate surface area is 115 Å². The van der Waals surface area contributed by atoms with Crippen LogP contribution in [0.1, 0.15) is 47.5 Å². The smallest absolute Gasteiger partial charge is 0.118 e. The van der Waals surface area contributed by atoms with Crippen LogP contribution in [0.15, 0.2) is 0 Å². The average Bonchev–Trinajstić information content (AvgIpc) is 3.08. The summed E-state index contributed by atoms with van der Waals surface area (Å²) in [6, 6.07) is 0. The molecule has 0 aromatic heterocycles. The molecule has 4 heteroatoms. The molecule has 2 aliphatic heterocycles. The standard InChI is InChI=1S/C15H26O4/c1-13(2,16)9-6-10(15(5)11(7-9)19-15)17-8-12-14(3,4)18-12/h9-12,16H,6-8H2,1-5H3. The molecule has 110 valence electrons. The van der Waals surface area contributed by atoms with Gasteiger partial charge in [-0.15, -0.1) is 0 Å². The van der Waals surface area contributed by atoms with E-state index in [1.165, 1.54) is 0 Å². The molecule has 0 bridgehead atoms. The summed E-state index contributed by atoms with van der Waals surface area (Å²) in [5, 5.41) is 10.2. The molecule has 0 radical (unpaired) electrons. The zero-order chi connectivity index (χ0) is 14.1. The first kappa shape index (κ1) is 13.8. The Balaban J connectivity index is 1.60. The monoisotopic (exact) mass is 270 g/mol. The van der Waals surface area contributed by atoms with Crippen LogP contribution in [0, 0.1) is 5.92 Å². The van der Waals surface area contributed by atoms with Crippen molar-refractivity contribution >= 4 is 0 Å². The van der Waals surface area contributed by atoms with Gasteiger partial charge in [0.2, 0.25) is 0 Å². The largest absolute Gasteiger partial charge is 0.390 e. The van der Waals surface area contributed by atoms with E-state index in [4.69, 9.17) is 14.2 Å². The van der Waals surface area contributed by atoms with E-state index in [2.05, 4.69) is 20.8 Å². The second kappa shape index (κ2) is 3.94. The lowest BCUT2D eigenvalue weighted by Crippen LogP contribution is -2.45. The van der Waals surface area contributed by atoms with Gasteiger partial charge < -0.3 is 19.3 Å². The van der Waals surface area contributed by atoms with Crippen molar-refractivity contribution in [3.05, 3.63) is 0 Å². The molecule has 0 aromatic rings. The number of rotatable bonds is 4. The van der Waals surface area contributed by atoms with Crippen LogP contribution in [0.3, 0.4) is 0 Å². The maximum atomic E-state index is 10.2. The molecule has 0 aromatic carbocycles. The van der Waals surface area contributed by atoms with Crippen molar-refractivity contribution in [1.29, 1.82) is 0 Å². The molecule has 0 spiro atoms. The highest BCUT2D eigenvalue weighted by molar-refractivity contribution is 5.11. The minimum atomic E-state index is -0.662. The zero-order valence-electron chi connectivity index (χ0n) is 12.6. The molecule has 2 saturated heterocycles. The van der Waals surface area contributed by atoms with Crippen LogP contribution in [-0.4, -0.2) is 46.8 Å². The highest BCUT2D eigenvalue weighted by Crippen LogP contribution is 2.53. The number of fused-ring (bicyclic) bond motifs is 1. The molecule has 1 saturated carbocycles. The fraction of sp³-hybridized carbons (Fsp3) is 1.00.